The third-order valence-corrected chi connectivity index (χ3v) is 4.69. The van der Waals surface area contributed by atoms with Crippen molar-refractivity contribution >= 4 is 5.97 Å². The van der Waals surface area contributed by atoms with Gasteiger partial charge >= 0.3 is 5.97 Å². The lowest BCUT2D eigenvalue weighted by Crippen LogP contribution is -2.49. The van der Waals surface area contributed by atoms with Crippen LogP contribution in [0, 0.1) is 17.3 Å². The maximum absolute atomic E-state index is 12.2. The molecule has 1 fully saturated rings. The molecule has 0 heterocycles. The van der Waals surface area contributed by atoms with E-state index in [0.29, 0.717) is 32.3 Å². The van der Waals surface area contributed by atoms with E-state index in [1.54, 1.807) is 7.11 Å². The molecule has 2 N–H and O–H groups in total. The topological polar surface area (TPSA) is 70.8 Å². The van der Waals surface area contributed by atoms with E-state index in [1.165, 1.54) is 0 Å². The van der Waals surface area contributed by atoms with Gasteiger partial charge in [-0.2, -0.15) is 0 Å². The van der Waals surface area contributed by atoms with E-state index in [4.69, 9.17) is 19.9 Å². The lowest BCUT2D eigenvalue weighted by Gasteiger charge is -2.45. The Labute approximate surface area is 122 Å². The summed E-state index contributed by atoms with van der Waals surface area (Å²) in [6.45, 7) is 8.13. The smallest absolute Gasteiger partial charge is 0.309 e. The van der Waals surface area contributed by atoms with Gasteiger partial charge in [0.2, 0.25) is 0 Å². The number of nitrogens with two attached hydrogens (primary N) is 1. The van der Waals surface area contributed by atoms with E-state index in [0.717, 1.165) is 12.8 Å². The Kier molecular flexibility index (Phi) is 6.92. The number of hydrogen-bond donors (Lipinski definition) is 1. The molecule has 0 amide bonds. The summed E-state index contributed by atoms with van der Waals surface area (Å²) in [5.41, 5.74) is 5.98. The van der Waals surface area contributed by atoms with Crippen LogP contribution < -0.4 is 5.73 Å². The third-order valence-electron chi connectivity index (χ3n) is 4.69. The molecular formula is C15H29NO4. The van der Waals surface area contributed by atoms with E-state index in [2.05, 4.69) is 20.8 Å². The second-order valence-electron chi connectivity index (χ2n) is 6.18. The zero-order valence-corrected chi connectivity index (χ0v) is 13.2. The normalized spacial score (nSPS) is 29.1. The summed E-state index contributed by atoms with van der Waals surface area (Å²) in [5.74, 6) is 0.118. The molecule has 0 aromatic carbocycles. The van der Waals surface area contributed by atoms with E-state index >= 15 is 0 Å². The first-order chi connectivity index (χ1) is 9.41. The second kappa shape index (κ2) is 7.96. The van der Waals surface area contributed by atoms with Crippen molar-refractivity contribution in [2.24, 2.45) is 23.0 Å². The summed E-state index contributed by atoms with van der Waals surface area (Å²) in [6, 6.07) is 0.173. The van der Waals surface area contributed by atoms with Crippen LogP contribution in [-0.4, -0.2) is 45.5 Å². The Morgan fingerprint density at radius 3 is 2.50 bits per heavy atom. The van der Waals surface area contributed by atoms with Crippen LogP contribution >= 0.6 is 0 Å². The molecule has 1 rings (SSSR count). The zero-order chi connectivity index (χ0) is 15.2. The predicted octanol–water partition coefficient (Wildman–Crippen LogP) is 1.59. The van der Waals surface area contributed by atoms with Crippen LogP contribution in [0.15, 0.2) is 0 Å². The molecule has 1 aliphatic rings. The molecule has 5 heteroatoms. The molecule has 3 unspecified atom stereocenters. The molecule has 0 saturated heterocycles. The number of esters is 1. The maximum atomic E-state index is 12.2. The lowest BCUT2D eigenvalue weighted by molar-refractivity contribution is -0.158. The highest BCUT2D eigenvalue weighted by Gasteiger charge is 2.45. The molecule has 0 aromatic rings. The lowest BCUT2D eigenvalue weighted by atomic mass is 9.61. The van der Waals surface area contributed by atoms with Crippen molar-refractivity contribution in [3.63, 3.8) is 0 Å². The molecule has 0 spiro atoms. The van der Waals surface area contributed by atoms with Crippen LogP contribution in [0.4, 0.5) is 0 Å². The Morgan fingerprint density at radius 1 is 1.20 bits per heavy atom. The van der Waals surface area contributed by atoms with Crippen molar-refractivity contribution in [3.05, 3.63) is 0 Å². The zero-order valence-electron chi connectivity index (χ0n) is 13.2. The van der Waals surface area contributed by atoms with Gasteiger partial charge in [0.05, 0.1) is 25.7 Å². The highest BCUT2D eigenvalue weighted by atomic mass is 16.6. The highest BCUT2D eigenvalue weighted by Crippen LogP contribution is 2.44. The summed E-state index contributed by atoms with van der Waals surface area (Å²) in [4.78, 5) is 12.2. The minimum absolute atomic E-state index is 0.0729. The van der Waals surface area contributed by atoms with Crippen molar-refractivity contribution in [1.82, 2.24) is 0 Å². The van der Waals surface area contributed by atoms with Gasteiger partial charge in [-0.1, -0.05) is 20.8 Å². The summed E-state index contributed by atoms with van der Waals surface area (Å²) in [5, 5.41) is 0. The fourth-order valence-corrected chi connectivity index (χ4v) is 2.82. The summed E-state index contributed by atoms with van der Waals surface area (Å²) in [6.07, 6.45) is 1.69. The molecule has 5 nitrogen and oxygen atoms in total. The van der Waals surface area contributed by atoms with Crippen molar-refractivity contribution in [3.8, 4) is 0 Å². The first-order valence-electron chi connectivity index (χ1n) is 7.40. The second-order valence-corrected chi connectivity index (χ2v) is 6.18. The molecule has 118 valence electrons. The van der Waals surface area contributed by atoms with Gasteiger partial charge in [-0.3, -0.25) is 4.79 Å². The van der Waals surface area contributed by atoms with Gasteiger partial charge in [0.15, 0.2) is 0 Å². The van der Waals surface area contributed by atoms with Crippen LogP contribution in [0.1, 0.15) is 33.6 Å². The van der Waals surface area contributed by atoms with Gasteiger partial charge < -0.3 is 19.9 Å². The molecule has 1 saturated carbocycles. The van der Waals surface area contributed by atoms with Crippen molar-refractivity contribution in [1.29, 1.82) is 0 Å². The van der Waals surface area contributed by atoms with Crippen molar-refractivity contribution in [2.75, 3.05) is 33.5 Å². The summed E-state index contributed by atoms with van der Waals surface area (Å²) >= 11 is 0. The predicted molar refractivity (Wildman–Crippen MR) is 77.3 cm³/mol. The fraction of sp³-hybridized carbons (Fsp3) is 0.933. The van der Waals surface area contributed by atoms with Crippen molar-refractivity contribution in [2.45, 2.75) is 39.7 Å². The Balaban J connectivity index is 2.35. The average molecular weight is 287 g/mol. The van der Waals surface area contributed by atoms with Crippen LogP contribution in [0.2, 0.25) is 0 Å². The van der Waals surface area contributed by atoms with Crippen LogP contribution in [0.25, 0.3) is 0 Å². The molecule has 1 aliphatic carbocycles. The fourth-order valence-electron chi connectivity index (χ4n) is 2.82. The van der Waals surface area contributed by atoms with Gasteiger partial charge in [-0.05, 0) is 24.2 Å². The first kappa shape index (κ1) is 17.4. The Hall–Kier alpha value is -0.650. The first-order valence-corrected chi connectivity index (χ1v) is 7.40. The Bertz CT molecular complexity index is 306. The minimum Gasteiger partial charge on any atom is -0.463 e. The van der Waals surface area contributed by atoms with Gasteiger partial charge in [0, 0.05) is 13.2 Å². The van der Waals surface area contributed by atoms with E-state index < -0.39 is 0 Å². The third kappa shape index (κ3) is 4.43. The average Bonchev–Trinajstić information content (AvgIpc) is 2.40. The maximum Gasteiger partial charge on any atom is 0.309 e. The van der Waals surface area contributed by atoms with E-state index in [-0.39, 0.29) is 23.3 Å². The number of methoxy groups -OCH3 is 1. The van der Waals surface area contributed by atoms with Gasteiger partial charge in [0.1, 0.15) is 6.61 Å². The van der Waals surface area contributed by atoms with E-state index in [1.807, 2.05) is 0 Å². The quantitative estimate of drug-likeness (QED) is 0.569. The summed E-state index contributed by atoms with van der Waals surface area (Å²) in [7, 11) is 1.63. The Morgan fingerprint density at radius 2 is 1.85 bits per heavy atom. The molecule has 0 radical (unpaired) electrons. The number of carbonyl (C=O) groups is 1. The van der Waals surface area contributed by atoms with Gasteiger partial charge in [0.25, 0.3) is 0 Å². The molecular weight excluding hydrogens is 258 g/mol. The van der Waals surface area contributed by atoms with Gasteiger partial charge in [-0.25, -0.2) is 0 Å². The number of ether oxygens (including phenoxy) is 3. The molecule has 0 aliphatic heterocycles. The number of rotatable bonds is 7. The monoisotopic (exact) mass is 287 g/mol. The largest absolute Gasteiger partial charge is 0.463 e. The molecule has 3 atom stereocenters. The SMILES string of the molecule is COCCOCCOC(=O)C1CCC(N)C(C)C1(C)C. The van der Waals surface area contributed by atoms with Crippen LogP contribution in [0.3, 0.4) is 0 Å². The standard InChI is InChI=1S/C15H29NO4/c1-11-13(16)6-5-12(15(11,2)3)14(17)20-10-9-19-8-7-18-4/h11-13H,5-10,16H2,1-4H3. The number of carbonyl (C=O) groups excluding carboxylic acids is 1. The van der Waals surface area contributed by atoms with Gasteiger partial charge in [-0.15, -0.1) is 0 Å². The van der Waals surface area contributed by atoms with Crippen LogP contribution in [-0.2, 0) is 19.0 Å². The molecule has 20 heavy (non-hydrogen) atoms. The number of hydrogen-bond acceptors (Lipinski definition) is 5. The van der Waals surface area contributed by atoms with Crippen molar-refractivity contribution < 1.29 is 19.0 Å². The highest BCUT2D eigenvalue weighted by molar-refractivity contribution is 5.73. The minimum atomic E-state index is -0.121. The molecule has 0 aromatic heterocycles. The molecule has 0 bridgehead atoms. The van der Waals surface area contributed by atoms with E-state index in [9.17, 15) is 4.79 Å². The summed E-state index contributed by atoms with van der Waals surface area (Å²) < 4.78 is 15.5. The van der Waals surface area contributed by atoms with Crippen LogP contribution in [0.5, 0.6) is 0 Å².